The molecule has 0 saturated carbocycles. The Kier molecular flexibility index (Phi) is 4.97. The molecule has 0 radical (unpaired) electrons. The molecule has 2 aliphatic heterocycles. The summed E-state index contributed by atoms with van der Waals surface area (Å²) in [6.45, 7) is 11.2. The van der Waals surface area contributed by atoms with Gasteiger partial charge in [-0.2, -0.15) is 4.57 Å². The maximum absolute atomic E-state index is 6.40. The minimum atomic E-state index is 0.143. The molecule has 2 unspecified atom stereocenters. The quantitative estimate of drug-likeness (QED) is 0.190. The average Bonchev–Trinajstić information content (AvgIpc) is 3.29. The Balaban J connectivity index is 1.44. The van der Waals surface area contributed by atoms with E-state index in [9.17, 15) is 0 Å². The number of pyridine rings is 2. The maximum atomic E-state index is 6.40. The topological polar surface area (TPSA) is 42.3 Å². The van der Waals surface area contributed by atoms with Crippen LogP contribution in [0.25, 0.3) is 33.3 Å². The molecule has 37 heavy (non-hydrogen) atoms. The van der Waals surface area contributed by atoms with Gasteiger partial charge in [-0.1, -0.05) is 43.5 Å². The molecule has 5 aromatic rings. The number of rotatable bonds is 1. The molecule has 0 spiro atoms. The summed E-state index contributed by atoms with van der Waals surface area (Å²) in [5.74, 6) is 0.299. The number of fused-ring (bicyclic) bond motifs is 11. The van der Waals surface area contributed by atoms with Gasteiger partial charge in [0, 0.05) is 45.3 Å². The molecule has 0 fully saturated rings. The second-order valence-electron chi connectivity index (χ2n) is 10.1. The van der Waals surface area contributed by atoms with E-state index in [4.69, 9.17) is 9.41 Å². The summed E-state index contributed by atoms with van der Waals surface area (Å²) in [7, 11) is 0. The molecular weight excluding hydrogens is 454 g/mol. The second-order valence-corrected chi connectivity index (χ2v) is 10.1. The Bertz CT molecular complexity index is 1770. The second kappa shape index (κ2) is 8.38. The summed E-state index contributed by atoms with van der Waals surface area (Å²) in [5.41, 5.74) is 10.6. The first-order chi connectivity index (χ1) is 18.1. The van der Waals surface area contributed by atoms with Crippen LogP contribution in [-0.4, -0.2) is 17.2 Å². The summed E-state index contributed by atoms with van der Waals surface area (Å²) >= 11 is 0. The fraction of sp³-hybridized carbons (Fsp3) is 0.182. The first kappa shape index (κ1) is 21.9. The smallest absolute Gasteiger partial charge is 0.227 e. The van der Waals surface area contributed by atoms with Crippen molar-refractivity contribution in [2.75, 3.05) is 6.54 Å². The van der Waals surface area contributed by atoms with Gasteiger partial charge in [-0.05, 0) is 61.2 Å². The molecular formula is C33H28N3O+. The van der Waals surface area contributed by atoms with Gasteiger partial charge in [0.15, 0.2) is 12.2 Å². The molecule has 2 atom stereocenters. The number of aliphatic imine (C=N–C) groups is 1. The molecule has 2 aliphatic rings. The van der Waals surface area contributed by atoms with Crippen LogP contribution in [0.3, 0.4) is 0 Å². The maximum Gasteiger partial charge on any atom is 0.227 e. The fourth-order valence-corrected chi connectivity index (χ4v) is 6.32. The highest BCUT2D eigenvalue weighted by Gasteiger charge is 2.41. The van der Waals surface area contributed by atoms with Gasteiger partial charge in [0.25, 0.3) is 0 Å². The SMILES string of the molecule is C=CC1=NCC(=C)C2C(CCc3ccc4c(oc5nc(C)ccc54)c31)c1ccccc1-c1cccc[n+]12. The largest absolute Gasteiger partial charge is 0.437 e. The summed E-state index contributed by atoms with van der Waals surface area (Å²) in [5, 5.41) is 2.10. The van der Waals surface area contributed by atoms with Crippen molar-refractivity contribution < 1.29 is 8.98 Å². The van der Waals surface area contributed by atoms with Gasteiger partial charge in [0.2, 0.25) is 11.4 Å². The number of furan rings is 1. The van der Waals surface area contributed by atoms with Crippen LogP contribution in [-0.2, 0) is 6.42 Å². The highest BCUT2D eigenvalue weighted by molar-refractivity contribution is 6.19. The number of aromatic nitrogens is 2. The van der Waals surface area contributed by atoms with Crippen molar-refractivity contribution >= 4 is 27.8 Å². The van der Waals surface area contributed by atoms with Crippen LogP contribution in [0.2, 0.25) is 0 Å². The van der Waals surface area contributed by atoms with Crippen molar-refractivity contribution in [3.63, 3.8) is 0 Å². The lowest BCUT2D eigenvalue weighted by molar-refractivity contribution is -0.709. The third kappa shape index (κ3) is 3.32. The highest BCUT2D eigenvalue weighted by atomic mass is 16.3. The van der Waals surface area contributed by atoms with Crippen LogP contribution in [0.4, 0.5) is 0 Å². The van der Waals surface area contributed by atoms with Crippen molar-refractivity contribution in [1.82, 2.24) is 4.98 Å². The fourth-order valence-electron chi connectivity index (χ4n) is 6.32. The van der Waals surface area contributed by atoms with E-state index in [0.717, 1.165) is 51.7 Å². The summed E-state index contributed by atoms with van der Waals surface area (Å²) in [6, 6.07) is 24.0. The third-order valence-corrected chi connectivity index (χ3v) is 7.98. The van der Waals surface area contributed by atoms with E-state index in [1.807, 2.05) is 19.1 Å². The molecule has 3 aromatic heterocycles. The standard InChI is InChI=1S/C33H28N3O/c1-4-28-30-22(14-17-26-27-15-12-21(3)35-33(27)37-32(26)30)13-16-25-23-9-5-6-10-24(23)29-11-7-8-18-36(29)31(25)20(2)19-34-28/h4-12,14-15,17-18,25,31H,1-2,13,16,19H2,3H3/q+1. The minimum Gasteiger partial charge on any atom is -0.437 e. The van der Waals surface area contributed by atoms with Crippen LogP contribution >= 0.6 is 0 Å². The van der Waals surface area contributed by atoms with Crippen molar-refractivity contribution in [3.8, 4) is 11.3 Å². The van der Waals surface area contributed by atoms with Gasteiger partial charge in [-0.15, -0.1) is 0 Å². The Morgan fingerprint density at radius 2 is 1.84 bits per heavy atom. The van der Waals surface area contributed by atoms with Crippen LogP contribution < -0.4 is 4.57 Å². The zero-order valence-corrected chi connectivity index (χ0v) is 20.9. The monoisotopic (exact) mass is 482 g/mol. The minimum absolute atomic E-state index is 0.143. The van der Waals surface area contributed by atoms with E-state index in [1.165, 1.54) is 22.4 Å². The molecule has 0 bridgehead atoms. The Morgan fingerprint density at radius 1 is 1.00 bits per heavy atom. The molecule has 2 aromatic carbocycles. The van der Waals surface area contributed by atoms with Gasteiger partial charge in [0.1, 0.15) is 5.58 Å². The summed E-state index contributed by atoms with van der Waals surface area (Å²) in [6.07, 6.45) is 5.93. The van der Waals surface area contributed by atoms with Crippen LogP contribution in [0.15, 0.2) is 107 Å². The van der Waals surface area contributed by atoms with E-state index < -0.39 is 0 Å². The lowest BCUT2D eigenvalue weighted by Crippen LogP contribution is -2.48. The summed E-state index contributed by atoms with van der Waals surface area (Å²) in [4.78, 5) is 9.74. The number of benzene rings is 2. The van der Waals surface area contributed by atoms with Gasteiger partial charge < -0.3 is 4.42 Å². The molecule has 0 saturated heterocycles. The third-order valence-electron chi connectivity index (χ3n) is 7.98. The molecule has 0 N–H and O–H groups in total. The van der Waals surface area contributed by atoms with Crippen molar-refractivity contribution in [2.45, 2.75) is 31.7 Å². The van der Waals surface area contributed by atoms with E-state index in [2.05, 4.69) is 89.6 Å². The van der Waals surface area contributed by atoms with Crippen molar-refractivity contribution in [3.05, 3.63) is 120 Å². The van der Waals surface area contributed by atoms with E-state index in [0.29, 0.717) is 18.2 Å². The lowest BCUT2D eigenvalue weighted by atomic mass is 9.76. The van der Waals surface area contributed by atoms with Crippen LogP contribution in [0.1, 0.15) is 40.8 Å². The van der Waals surface area contributed by atoms with E-state index >= 15 is 0 Å². The molecule has 4 heteroatoms. The molecule has 4 nitrogen and oxygen atoms in total. The zero-order valence-electron chi connectivity index (χ0n) is 20.9. The van der Waals surface area contributed by atoms with Crippen molar-refractivity contribution in [1.29, 1.82) is 0 Å². The first-order valence-corrected chi connectivity index (χ1v) is 12.9. The molecule has 180 valence electrons. The van der Waals surface area contributed by atoms with E-state index in [-0.39, 0.29) is 6.04 Å². The first-order valence-electron chi connectivity index (χ1n) is 12.9. The van der Waals surface area contributed by atoms with E-state index in [1.54, 1.807) is 0 Å². The predicted octanol–water partition coefficient (Wildman–Crippen LogP) is 7.06. The highest BCUT2D eigenvalue weighted by Crippen LogP contribution is 2.44. The van der Waals surface area contributed by atoms with Gasteiger partial charge in [0.05, 0.1) is 18.2 Å². The lowest BCUT2D eigenvalue weighted by Gasteiger charge is -2.32. The Hall–Kier alpha value is -4.31. The van der Waals surface area contributed by atoms with Crippen LogP contribution in [0, 0.1) is 6.92 Å². The summed E-state index contributed by atoms with van der Waals surface area (Å²) < 4.78 is 8.80. The van der Waals surface area contributed by atoms with Gasteiger partial charge in [-0.3, -0.25) is 4.99 Å². The zero-order chi connectivity index (χ0) is 25.1. The van der Waals surface area contributed by atoms with Crippen molar-refractivity contribution in [2.24, 2.45) is 4.99 Å². The molecule has 0 amide bonds. The van der Waals surface area contributed by atoms with Gasteiger partial charge in [-0.25, -0.2) is 4.98 Å². The average molecular weight is 483 g/mol. The normalized spacial score (nSPS) is 18.9. The number of aryl methyl sites for hydroxylation is 2. The number of allylic oxidation sites excluding steroid dienone is 1. The van der Waals surface area contributed by atoms with Gasteiger partial charge >= 0.3 is 0 Å². The van der Waals surface area contributed by atoms with Crippen LogP contribution in [0.5, 0.6) is 0 Å². The number of nitrogens with zero attached hydrogens (tertiary/aromatic N) is 3. The Labute approximate surface area is 216 Å². The predicted molar refractivity (Wildman–Crippen MR) is 149 cm³/mol. The Morgan fingerprint density at radius 3 is 2.73 bits per heavy atom. The molecule has 5 heterocycles. The number of hydrogen-bond donors (Lipinski definition) is 0. The molecule has 0 aliphatic carbocycles. The molecule has 7 rings (SSSR count). The number of hydrogen-bond acceptors (Lipinski definition) is 3.